The number of hydrogen-bond acceptors (Lipinski definition) is 7. The van der Waals surface area contributed by atoms with Crippen LogP contribution >= 0.6 is 23.2 Å². The van der Waals surface area contributed by atoms with Gasteiger partial charge >= 0.3 is 6.09 Å². The number of nitrogens with zero attached hydrogens (tertiary/aromatic N) is 4. The Bertz CT molecular complexity index is 1230. The Hall–Kier alpha value is -2.84. The van der Waals surface area contributed by atoms with Crippen LogP contribution in [-0.2, 0) is 4.74 Å². The second-order valence-corrected chi connectivity index (χ2v) is 10.3. The molecule has 2 aliphatic rings. The van der Waals surface area contributed by atoms with E-state index in [0.717, 1.165) is 29.9 Å². The summed E-state index contributed by atoms with van der Waals surface area (Å²) < 4.78 is 5.40. The van der Waals surface area contributed by atoms with E-state index in [1.54, 1.807) is 18.3 Å². The van der Waals surface area contributed by atoms with E-state index in [0.29, 0.717) is 33.1 Å². The number of carbonyl (C=O) groups is 1. The minimum absolute atomic E-state index is 0.0990. The third-order valence-electron chi connectivity index (χ3n) is 5.98. The Morgan fingerprint density at radius 3 is 2.48 bits per heavy atom. The number of rotatable bonds is 3. The molecule has 2 aromatic heterocycles. The number of halogens is 2. The molecule has 1 saturated carbocycles. The lowest BCUT2D eigenvalue weighted by atomic mass is 10.0. The highest BCUT2D eigenvalue weighted by Crippen LogP contribution is 2.49. The monoisotopic (exact) mass is 486 g/mol. The highest BCUT2D eigenvalue weighted by atomic mass is 35.5. The molecule has 3 heterocycles. The number of aromatic nitrogens is 3. The van der Waals surface area contributed by atoms with Gasteiger partial charge in [-0.2, -0.15) is 4.98 Å². The van der Waals surface area contributed by atoms with Crippen LogP contribution in [0, 0.1) is 11.8 Å². The van der Waals surface area contributed by atoms with Gasteiger partial charge in [0.25, 0.3) is 0 Å². The molecule has 1 aliphatic heterocycles. The number of ether oxygens (including phenoxy) is 1. The van der Waals surface area contributed by atoms with Crippen LogP contribution in [0.5, 0.6) is 0 Å². The number of nitrogens with one attached hydrogen (secondary N) is 1. The summed E-state index contributed by atoms with van der Waals surface area (Å²) in [6.45, 7) is 7.03. The quantitative estimate of drug-likeness (QED) is 0.559. The number of carbonyl (C=O) groups excluding carboxylic acids is 1. The van der Waals surface area contributed by atoms with Crippen molar-refractivity contribution in [3.05, 3.63) is 40.5 Å². The number of hydrogen-bond donors (Lipinski definition) is 2. The zero-order chi connectivity index (χ0) is 23.5. The van der Waals surface area contributed by atoms with E-state index in [9.17, 15) is 4.79 Å². The van der Waals surface area contributed by atoms with E-state index in [-0.39, 0.29) is 18.1 Å². The van der Waals surface area contributed by atoms with Gasteiger partial charge in [0.05, 0.1) is 10.0 Å². The van der Waals surface area contributed by atoms with Crippen molar-refractivity contribution in [2.24, 2.45) is 11.8 Å². The summed E-state index contributed by atoms with van der Waals surface area (Å²) in [4.78, 5) is 27.6. The third kappa shape index (κ3) is 4.25. The zero-order valence-electron chi connectivity index (χ0n) is 18.5. The lowest BCUT2D eigenvalue weighted by Crippen LogP contribution is -2.38. The second-order valence-electron chi connectivity index (χ2n) is 9.50. The highest BCUT2D eigenvalue weighted by molar-refractivity contribution is 6.39. The second kappa shape index (κ2) is 7.88. The molecule has 3 aromatic rings. The predicted octanol–water partition coefficient (Wildman–Crippen LogP) is 4.54. The van der Waals surface area contributed by atoms with Gasteiger partial charge in [-0.25, -0.2) is 14.8 Å². The minimum Gasteiger partial charge on any atom is -0.444 e. The van der Waals surface area contributed by atoms with E-state index in [1.807, 2.05) is 32.9 Å². The molecule has 8 nitrogen and oxygen atoms in total. The van der Waals surface area contributed by atoms with Crippen LogP contribution < -0.4 is 16.0 Å². The molecule has 2 atom stereocenters. The third-order valence-corrected chi connectivity index (χ3v) is 6.61. The average Bonchev–Trinajstić information content (AvgIpc) is 3.15. The maximum atomic E-state index is 12.2. The molecule has 5 rings (SSSR count). The number of benzene rings is 1. The summed E-state index contributed by atoms with van der Waals surface area (Å²) in [5.41, 5.74) is 7.30. The number of fused-ring (bicyclic) bond motifs is 2. The van der Waals surface area contributed by atoms with Crippen LogP contribution in [0.2, 0.25) is 10.0 Å². The van der Waals surface area contributed by atoms with Crippen molar-refractivity contribution < 1.29 is 9.53 Å². The van der Waals surface area contributed by atoms with Crippen molar-refractivity contribution in [2.75, 3.05) is 23.7 Å². The van der Waals surface area contributed by atoms with Gasteiger partial charge in [-0.15, -0.1) is 0 Å². The predicted molar refractivity (Wildman–Crippen MR) is 130 cm³/mol. The van der Waals surface area contributed by atoms with Gasteiger partial charge in [-0.1, -0.05) is 29.3 Å². The van der Waals surface area contributed by atoms with E-state index >= 15 is 0 Å². The number of piperidine rings is 1. The fourth-order valence-corrected chi connectivity index (χ4v) is 5.11. The Balaban J connectivity index is 1.45. The van der Waals surface area contributed by atoms with Crippen LogP contribution in [0.25, 0.3) is 22.2 Å². The van der Waals surface area contributed by atoms with Crippen LogP contribution in [0.1, 0.15) is 20.8 Å². The summed E-state index contributed by atoms with van der Waals surface area (Å²) >= 11 is 13.1. The van der Waals surface area contributed by atoms with Crippen molar-refractivity contribution in [3.63, 3.8) is 0 Å². The SMILES string of the molecule is CC(C)(C)OC(=O)NC1C2CN(c3nc4nc(N)ncc4cc3-c3c(Cl)cccc3Cl)CC21. The number of amides is 1. The van der Waals surface area contributed by atoms with Gasteiger partial charge in [0.1, 0.15) is 11.4 Å². The van der Waals surface area contributed by atoms with Gasteiger partial charge in [0.15, 0.2) is 5.65 Å². The topological polar surface area (TPSA) is 106 Å². The summed E-state index contributed by atoms with van der Waals surface area (Å²) in [6, 6.07) is 7.47. The summed E-state index contributed by atoms with van der Waals surface area (Å²) in [6.07, 6.45) is 1.26. The molecule has 1 saturated heterocycles. The smallest absolute Gasteiger partial charge is 0.407 e. The molecular weight excluding hydrogens is 463 g/mol. The molecule has 10 heteroatoms. The summed E-state index contributed by atoms with van der Waals surface area (Å²) in [5, 5.41) is 4.82. The van der Waals surface area contributed by atoms with Gasteiger partial charge in [-0.3, -0.25) is 0 Å². The van der Waals surface area contributed by atoms with Crippen molar-refractivity contribution in [1.82, 2.24) is 20.3 Å². The molecule has 1 aromatic carbocycles. The molecule has 0 bridgehead atoms. The largest absolute Gasteiger partial charge is 0.444 e. The first-order valence-electron chi connectivity index (χ1n) is 10.7. The number of pyridine rings is 1. The number of nitrogen functional groups attached to an aromatic ring is 1. The molecule has 1 aliphatic carbocycles. The van der Waals surface area contributed by atoms with Crippen molar-refractivity contribution >= 4 is 52.1 Å². The lowest BCUT2D eigenvalue weighted by Gasteiger charge is -2.25. The fraction of sp³-hybridized carbons (Fsp3) is 0.391. The van der Waals surface area contributed by atoms with Crippen molar-refractivity contribution in [2.45, 2.75) is 32.4 Å². The van der Waals surface area contributed by atoms with E-state index in [1.165, 1.54) is 0 Å². The van der Waals surface area contributed by atoms with Gasteiger partial charge in [0, 0.05) is 53.7 Å². The standard InChI is InChI=1S/C23H24Cl2N6O2/c1-23(2,3)33-22(32)28-18-13-9-31(10-14(13)18)20-12(17-15(24)5-4-6-16(17)25)7-11-8-27-21(26)30-19(11)29-20/h4-8,13-14,18H,9-10H2,1-3H3,(H,28,32)(H2,26,27,29,30). The molecular formula is C23H24Cl2N6O2. The Morgan fingerprint density at radius 1 is 1.18 bits per heavy atom. The van der Waals surface area contributed by atoms with Gasteiger partial charge < -0.3 is 20.7 Å². The minimum atomic E-state index is -0.526. The van der Waals surface area contributed by atoms with Crippen LogP contribution in [0.15, 0.2) is 30.5 Å². The Labute approximate surface area is 201 Å². The van der Waals surface area contributed by atoms with Crippen molar-refractivity contribution in [3.8, 4) is 11.1 Å². The Morgan fingerprint density at radius 2 is 1.85 bits per heavy atom. The maximum absolute atomic E-state index is 12.2. The molecule has 3 N–H and O–H groups in total. The number of anilines is 2. The van der Waals surface area contributed by atoms with E-state index < -0.39 is 5.60 Å². The zero-order valence-corrected chi connectivity index (χ0v) is 20.0. The number of nitrogens with two attached hydrogens (primary N) is 1. The van der Waals surface area contributed by atoms with Crippen LogP contribution in [-0.4, -0.2) is 45.8 Å². The number of alkyl carbamates (subject to hydrolysis) is 1. The van der Waals surface area contributed by atoms with E-state index in [2.05, 4.69) is 20.2 Å². The van der Waals surface area contributed by atoms with E-state index in [4.69, 9.17) is 38.7 Å². The Kier molecular flexibility index (Phi) is 5.25. The summed E-state index contributed by atoms with van der Waals surface area (Å²) in [5.74, 6) is 1.54. The van der Waals surface area contributed by atoms with Gasteiger partial charge in [0.2, 0.25) is 5.95 Å². The van der Waals surface area contributed by atoms with Crippen LogP contribution in [0.3, 0.4) is 0 Å². The first kappa shape index (κ1) is 22.0. The van der Waals surface area contributed by atoms with Gasteiger partial charge in [-0.05, 0) is 39.0 Å². The highest BCUT2D eigenvalue weighted by Gasteiger charge is 2.57. The molecule has 1 amide bonds. The maximum Gasteiger partial charge on any atom is 0.407 e. The normalized spacial score (nSPS) is 21.7. The fourth-order valence-electron chi connectivity index (χ4n) is 4.50. The first-order valence-corrected chi connectivity index (χ1v) is 11.5. The van der Waals surface area contributed by atoms with Crippen LogP contribution in [0.4, 0.5) is 16.6 Å². The average molecular weight is 487 g/mol. The lowest BCUT2D eigenvalue weighted by molar-refractivity contribution is 0.0518. The van der Waals surface area contributed by atoms with Crippen molar-refractivity contribution in [1.29, 1.82) is 0 Å². The molecule has 0 spiro atoms. The molecule has 0 radical (unpaired) electrons. The molecule has 2 unspecified atom stereocenters. The molecule has 2 fully saturated rings. The molecule has 172 valence electrons. The first-order chi connectivity index (χ1) is 15.6. The summed E-state index contributed by atoms with van der Waals surface area (Å²) in [7, 11) is 0. The molecule has 33 heavy (non-hydrogen) atoms.